The predicted octanol–water partition coefficient (Wildman–Crippen LogP) is 3.49. The van der Waals surface area contributed by atoms with E-state index in [0.29, 0.717) is 13.1 Å². The van der Waals surface area contributed by atoms with Crippen LogP contribution < -0.4 is 5.32 Å². The summed E-state index contributed by atoms with van der Waals surface area (Å²) in [7, 11) is 0. The molecule has 1 N–H and O–H groups in total. The lowest BCUT2D eigenvalue weighted by atomic mass is 10.0. The summed E-state index contributed by atoms with van der Waals surface area (Å²) < 4.78 is 13.9. The van der Waals surface area contributed by atoms with Crippen LogP contribution in [0.2, 0.25) is 5.02 Å². The van der Waals surface area contributed by atoms with Gasteiger partial charge in [0.25, 0.3) is 5.91 Å². The molecule has 0 bridgehead atoms. The molecule has 2 heterocycles. The number of fused-ring (bicyclic) bond motifs is 1. The zero-order chi connectivity index (χ0) is 19.9. The Hall–Kier alpha value is -2.47. The predicted molar refractivity (Wildman–Crippen MR) is 103 cm³/mol. The van der Waals surface area contributed by atoms with Gasteiger partial charge in [0.05, 0.1) is 5.56 Å². The topological polar surface area (TPSA) is 62.3 Å². The van der Waals surface area contributed by atoms with Gasteiger partial charge < -0.3 is 10.2 Å². The van der Waals surface area contributed by atoms with Gasteiger partial charge in [-0.15, -0.1) is 0 Å². The van der Waals surface area contributed by atoms with E-state index in [9.17, 15) is 14.0 Å². The van der Waals surface area contributed by atoms with Crippen molar-refractivity contribution in [2.45, 2.75) is 39.3 Å². The second-order valence-corrected chi connectivity index (χ2v) is 8.23. The summed E-state index contributed by atoms with van der Waals surface area (Å²) in [6.45, 7) is 3.49. The van der Waals surface area contributed by atoms with Gasteiger partial charge in [-0.3, -0.25) is 14.6 Å². The molecule has 2 aliphatic rings. The normalized spacial score (nSPS) is 17.0. The van der Waals surface area contributed by atoms with Gasteiger partial charge in [-0.2, -0.15) is 0 Å². The molecule has 28 heavy (non-hydrogen) atoms. The molecule has 1 fully saturated rings. The van der Waals surface area contributed by atoms with Gasteiger partial charge in [-0.25, -0.2) is 4.39 Å². The van der Waals surface area contributed by atoms with Gasteiger partial charge in [0.15, 0.2) is 0 Å². The fraction of sp³-hybridized carbons (Fsp3) is 0.381. The summed E-state index contributed by atoms with van der Waals surface area (Å²) in [5.41, 5.74) is 2.58. The molecule has 2 aromatic rings. The van der Waals surface area contributed by atoms with Crippen LogP contribution in [-0.2, 0) is 24.3 Å². The Morgan fingerprint density at radius 2 is 2.11 bits per heavy atom. The molecular formula is C21H21ClFN3O2. The van der Waals surface area contributed by atoms with Gasteiger partial charge in [0.2, 0.25) is 5.91 Å². The fourth-order valence-electron chi connectivity index (χ4n) is 3.48. The Labute approximate surface area is 167 Å². The number of hydrogen-bond acceptors (Lipinski definition) is 3. The number of rotatable bonds is 4. The minimum Gasteiger partial charge on any atom is -0.348 e. The molecule has 1 aliphatic carbocycles. The molecule has 0 saturated heterocycles. The number of aromatic nitrogens is 1. The van der Waals surface area contributed by atoms with E-state index in [2.05, 4.69) is 10.3 Å². The molecule has 0 atom stereocenters. The van der Waals surface area contributed by atoms with E-state index >= 15 is 0 Å². The van der Waals surface area contributed by atoms with Gasteiger partial charge in [0, 0.05) is 48.4 Å². The number of amides is 2. The highest BCUT2D eigenvalue weighted by Gasteiger charge is 2.47. The Morgan fingerprint density at radius 3 is 2.82 bits per heavy atom. The molecule has 1 aromatic carbocycles. The van der Waals surface area contributed by atoms with Crippen molar-refractivity contribution in [3.05, 3.63) is 63.7 Å². The largest absolute Gasteiger partial charge is 0.348 e. The van der Waals surface area contributed by atoms with Gasteiger partial charge >= 0.3 is 0 Å². The van der Waals surface area contributed by atoms with Crippen molar-refractivity contribution in [1.82, 2.24) is 15.2 Å². The monoisotopic (exact) mass is 401 g/mol. The fourth-order valence-corrected chi connectivity index (χ4v) is 3.64. The van der Waals surface area contributed by atoms with Crippen molar-refractivity contribution < 1.29 is 14.0 Å². The first-order valence-corrected chi connectivity index (χ1v) is 9.73. The minimum absolute atomic E-state index is 0.0511. The Balaban J connectivity index is 1.43. The number of halogens is 2. The van der Waals surface area contributed by atoms with Gasteiger partial charge in [-0.05, 0) is 48.2 Å². The third-order valence-electron chi connectivity index (χ3n) is 5.53. The maximum Gasteiger partial charge on any atom is 0.254 e. The molecule has 0 radical (unpaired) electrons. The molecule has 0 unspecified atom stereocenters. The maximum atomic E-state index is 13.9. The highest BCUT2D eigenvalue weighted by atomic mass is 35.5. The molecule has 4 rings (SSSR count). The van der Waals surface area contributed by atoms with E-state index in [4.69, 9.17) is 11.6 Å². The molecule has 0 spiro atoms. The Morgan fingerprint density at radius 1 is 1.32 bits per heavy atom. The van der Waals surface area contributed by atoms with Crippen LogP contribution in [0.4, 0.5) is 4.39 Å². The number of carbonyl (C=O) groups excluding carboxylic acids is 2. The number of nitrogens with zero attached hydrogens (tertiary/aromatic N) is 2. The Kier molecular flexibility index (Phi) is 4.83. The molecule has 1 saturated carbocycles. The van der Waals surface area contributed by atoms with E-state index in [1.807, 2.05) is 17.9 Å². The second-order valence-electron chi connectivity index (χ2n) is 7.79. The van der Waals surface area contributed by atoms with Crippen LogP contribution in [-0.4, -0.2) is 28.2 Å². The van der Waals surface area contributed by atoms with E-state index in [1.165, 1.54) is 12.1 Å². The van der Waals surface area contributed by atoms with Crippen molar-refractivity contribution in [2.75, 3.05) is 6.54 Å². The van der Waals surface area contributed by atoms with E-state index in [-0.39, 0.29) is 28.5 Å². The Bertz CT molecular complexity index is 959. The average Bonchev–Trinajstić information content (AvgIpc) is 3.43. The van der Waals surface area contributed by atoms with E-state index in [1.54, 1.807) is 6.20 Å². The molecule has 1 aromatic heterocycles. The third-order valence-corrected chi connectivity index (χ3v) is 5.76. The van der Waals surface area contributed by atoms with Crippen molar-refractivity contribution in [1.29, 1.82) is 0 Å². The SMILES string of the molecule is CC1(C(=O)N2CCc3ncc(CNC(=O)c4ccc(Cl)cc4F)cc3C2)CC1. The first-order chi connectivity index (χ1) is 13.4. The third kappa shape index (κ3) is 3.74. The lowest BCUT2D eigenvalue weighted by molar-refractivity contribution is -0.137. The van der Waals surface area contributed by atoms with Crippen LogP contribution in [0.25, 0.3) is 0 Å². The average molecular weight is 402 g/mol. The molecular weight excluding hydrogens is 381 g/mol. The zero-order valence-electron chi connectivity index (χ0n) is 15.6. The van der Waals surface area contributed by atoms with Gasteiger partial charge in [0.1, 0.15) is 5.82 Å². The highest BCUT2D eigenvalue weighted by Crippen LogP contribution is 2.47. The van der Waals surface area contributed by atoms with Crippen LogP contribution in [0.5, 0.6) is 0 Å². The number of hydrogen-bond donors (Lipinski definition) is 1. The van der Waals surface area contributed by atoms with E-state index < -0.39 is 11.7 Å². The molecule has 146 valence electrons. The first-order valence-electron chi connectivity index (χ1n) is 9.35. The summed E-state index contributed by atoms with van der Waals surface area (Å²) >= 11 is 5.72. The summed E-state index contributed by atoms with van der Waals surface area (Å²) in [6, 6.07) is 5.92. The summed E-state index contributed by atoms with van der Waals surface area (Å²) in [5, 5.41) is 2.95. The number of nitrogens with one attached hydrogen (secondary N) is 1. The van der Waals surface area contributed by atoms with Crippen molar-refractivity contribution >= 4 is 23.4 Å². The van der Waals surface area contributed by atoms with Crippen LogP contribution >= 0.6 is 11.6 Å². The number of carbonyl (C=O) groups is 2. The highest BCUT2D eigenvalue weighted by molar-refractivity contribution is 6.30. The van der Waals surface area contributed by atoms with Crippen LogP contribution in [0.15, 0.2) is 30.5 Å². The zero-order valence-corrected chi connectivity index (χ0v) is 16.4. The molecule has 7 heteroatoms. The quantitative estimate of drug-likeness (QED) is 0.853. The van der Waals surface area contributed by atoms with Crippen LogP contribution in [0.3, 0.4) is 0 Å². The lowest BCUT2D eigenvalue weighted by Gasteiger charge is -2.30. The number of benzene rings is 1. The van der Waals surface area contributed by atoms with E-state index in [0.717, 1.165) is 42.1 Å². The summed E-state index contributed by atoms with van der Waals surface area (Å²) in [5.74, 6) is -0.947. The molecule has 1 aliphatic heterocycles. The summed E-state index contributed by atoms with van der Waals surface area (Å²) in [6.07, 6.45) is 4.37. The summed E-state index contributed by atoms with van der Waals surface area (Å²) in [4.78, 5) is 31.2. The standard InChI is InChI=1S/C21H21ClFN3O2/c1-21(5-6-21)20(28)26-7-4-18-14(12-26)8-13(10-24-18)11-25-19(27)16-3-2-15(22)9-17(16)23/h2-3,8-10H,4-7,11-12H2,1H3,(H,25,27). The first kappa shape index (κ1) is 18.9. The van der Waals surface area contributed by atoms with Crippen molar-refractivity contribution in [3.63, 3.8) is 0 Å². The lowest BCUT2D eigenvalue weighted by Crippen LogP contribution is -2.40. The van der Waals surface area contributed by atoms with Crippen LogP contribution in [0, 0.1) is 11.2 Å². The van der Waals surface area contributed by atoms with Crippen molar-refractivity contribution in [3.8, 4) is 0 Å². The smallest absolute Gasteiger partial charge is 0.254 e. The van der Waals surface area contributed by atoms with Crippen LogP contribution in [0.1, 0.15) is 46.9 Å². The van der Waals surface area contributed by atoms with Gasteiger partial charge in [-0.1, -0.05) is 18.5 Å². The van der Waals surface area contributed by atoms with Crippen molar-refractivity contribution in [2.24, 2.45) is 5.41 Å². The maximum absolute atomic E-state index is 13.9. The second kappa shape index (κ2) is 7.17. The minimum atomic E-state index is -0.656. The number of pyridine rings is 1. The molecule has 2 amide bonds. The molecule has 5 nitrogen and oxygen atoms in total.